The zero-order valence-corrected chi connectivity index (χ0v) is 9.20. The van der Waals surface area contributed by atoms with Crippen molar-refractivity contribution in [2.45, 2.75) is 39.2 Å². The SMILES string of the molecule is C=C1CCC(=O)N1OC(=O)OC(C)(C)C. The molecule has 1 rings (SSSR count). The summed E-state index contributed by atoms with van der Waals surface area (Å²) < 4.78 is 4.90. The zero-order valence-electron chi connectivity index (χ0n) is 9.20. The minimum absolute atomic E-state index is 0.272. The van der Waals surface area contributed by atoms with Crippen LogP contribution in [-0.2, 0) is 14.4 Å². The van der Waals surface area contributed by atoms with Crippen LogP contribution in [0.2, 0.25) is 0 Å². The summed E-state index contributed by atoms with van der Waals surface area (Å²) in [6.45, 7) is 8.76. The van der Waals surface area contributed by atoms with Crippen molar-refractivity contribution >= 4 is 12.1 Å². The molecule has 0 aromatic rings. The topological polar surface area (TPSA) is 55.8 Å². The Hall–Kier alpha value is -1.52. The highest BCUT2D eigenvalue weighted by atomic mass is 16.8. The average Bonchev–Trinajstić information content (AvgIpc) is 2.32. The Bertz CT molecular complexity index is 287. The molecule has 1 amide bonds. The Labute approximate surface area is 88.6 Å². The number of hydrogen-bond acceptors (Lipinski definition) is 4. The first-order chi connectivity index (χ1) is 6.79. The molecule has 0 aromatic carbocycles. The Kier molecular flexibility index (Phi) is 3.02. The molecule has 0 radical (unpaired) electrons. The fourth-order valence-corrected chi connectivity index (χ4v) is 1.09. The number of hydroxylamine groups is 2. The van der Waals surface area contributed by atoms with Gasteiger partial charge in [0.1, 0.15) is 5.60 Å². The predicted molar refractivity (Wildman–Crippen MR) is 52.5 cm³/mol. The molecular formula is C10H15NO4. The zero-order chi connectivity index (χ0) is 11.6. The Morgan fingerprint density at radius 2 is 2.00 bits per heavy atom. The van der Waals surface area contributed by atoms with Gasteiger partial charge in [0, 0.05) is 6.42 Å². The second-order valence-corrected chi connectivity index (χ2v) is 4.31. The lowest BCUT2D eigenvalue weighted by Gasteiger charge is -2.21. The van der Waals surface area contributed by atoms with Crippen LogP contribution in [0.3, 0.4) is 0 Å². The molecule has 0 saturated carbocycles. The molecule has 15 heavy (non-hydrogen) atoms. The second kappa shape index (κ2) is 3.92. The van der Waals surface area contributed by atoms with E-state index in [-0.39, 0.29) is 5.91 Å². The van der Waals surface area contributed by atoms with Crippen molar-refractivity contribution in [3.05, 3.63) is 12.3 Å². The highest BCUT2D eigenvalue weighted by molar-refractivity contribution is 5.81. The van der Waals surface area contributed by atoms with Crippen molar-refractivity contribution in [1.82, 2.24) is 5.06 Å². The molecule has 1 fully saturated rings. The van der Waals surface area contributed by atoms with Crippen molar-refractivity contribution in [2.24, 2.45) is 0 Å². The van der Waals surface area contributed by atoms with Gasteiger partial charge >= 0.3 is 6.16 Å². The van der Waals surface area contributed by atoms with Gasteiger partial charge in [0.2, 0.25) is 0 Å². The summed E-state index contributed by atoms with van der Waals surface area (Å²) in [6, 6.07) is 0. The predicted octanol–water partition coefficient (Wildman–Crippen LogP) is 1.99. The van der Waals surface area contributed by atoms with Crippen LogP contribution in [0.5, 0.6) is 0 Å². The first-order valence-corrected chi connectivity index (χ1v) is 4.71. The van der Waals surface area contributed by atoms with Crippen LogP contribution in [0.25, 0.3) is 0 Å². The average molecular weight is 213 g/mol. The summed E-state index contributed by atoms with van der Waals surface area (Å²) in [5, 5.41) is 0.897. The number of hydrogen-bond donors (Lipinski definition) is 0. The van der Waals surface area contributed by atoms with Gasteiger partial charge in [-0.15, -0.1) is 5.06 Å². The fourth-order valence-electron chi connectivity index (χ4n) is 1.09. The van der Waals surface area contributed by atoms with Crippen molar-refractivity contribution in [3.63, 3.8) is 0 Å². The van der Waals surface area contributed by atoms with Crippen LogP contribution in [0.15, 0.2) is 12.3 Å². The Morgan fingerprint density at radius 3 is 2.40 bits per heavy atom. The highest BCUT2D eigenvalue weighted by Gasteiger charge is 2.30. The normalized spacial score (nSPS) is 16.9. The van der Waals surface area contributed by atoms with Crippen molar-refractivity contribution in [1.29, 1.82) is 0 Å². The molecule has 0 bridgehead atoms. The number of rotatable bonds is 1. The molecule has 1 aliphatic heterocycles. The van der Waals surface area contributed by atoms with Crippen LogP contribution in [0, 0.1) is 0 Å². The number of ether oxygens (including phenoxy) is 1. The van der Waals surface area contributed by atoms with Gasteiger partial charge in [-0.2, -0.15) is 0 Å². The van der Waals surface area contributed by atoms with Crippen LogP contribution in [0.4, 0.5) is 4.79 Å². The lowest BCUT2D eigenvalue weighted by atomic mass is 10.2. The largest absolute Gasteiger partial charge is 0.534 e. The van der Waals surface area contributed by atoms with Gasteiger partial charge in [0.25, 0.3) is 5.91 Å². The molecule has 1 heterocycles. The van der Waals surface area contributed by atoms with Gasteiger partial charge in [-0.25, -0.2) is 4.79 Å². The van der Waals surface area contributed by atoms with Gasteiger partial charge in [-0.05, 0) is 27.2 Å². The van der Waals surface area contributed by atoms with Crippen LogP contribution in [-0.4, -0.2) is 22.7 Å². The van der Waals surface area contributed by atoms with E-state index in [2.05, 4.69) is 6.58 Å². The Balaban J connectivity index is 2.51. The summed E-state index contributed by atoms with van der Waals surface area (Å²) >= 11 is 0. The van der Waals surface area contributed by atoms with E-state index in [1.54, 1.807) is 20.8 Å². The third-order valence-electron chi connectivity index (χ3n) is 1.70. The van der Waals surface area contributed by atoms with E-state index < -0.39 is 11.8 Å². The molecule has 84 valence electrons. The molecule has 0 unspecified atom stereocenters. The summed E-state index contributed by atoms with van der Waals surface area (Å²) in [4.78, 5) is 27.2. The molecule has 0 atom stereocenters. The van der Waals surface area contributed by atoms with Crippen LogP contribution < -0.4 is 0 Å². The van der Waals surface area contributed by atoms with E-state index in [0.29, 0.717) is 18.5 Å². The lowest BCUT2D eigenvalue weighted by Crippen LogP contribution is -2.31. The van der Waals surface area contributed by atoms with Gasteiger partial charge < -0.3 is 4.74 Å². The maximum absolute atomic E-state index is 11.2. The number of amides is 1. The molecule has 5 nitrogen and oxygen atoms in total. The molecule has 0 aromatic heterocycles. The molecule has 1 saturated heterocycles. The Morgan fingerprint density at radius 1 is 1.40 bits per heavy atom. The van der Waals surface area contributed by atoms with E-state index in [0.717, 1.165) is 5.06 Å². The van der Waals surface area contributed by atoms with E-state index in [1.807, 2.05) is 0 Å². The highest BCUT2D eigenvalue weighted by Crippen LogP contribution is 2.21. The minimum atomic E-state index is -0.890. The second-order valence-electron chi connectivity index (χ2n) is 4.31. The molecular weight excluding hydrogens is 198 g/mol. The van der Waals surface area contributed by atoms with Crippen LogP contribution in [0.1, 0.15) is 33.6 Å². The maximum atomic E-state index is 11.2. The molecule has 5 heteroatoms. The summed E-state index contributed by atoms with van der Waals surface area (Å²) in [6.07, 6.45) is -0.0533. The van der Waals surface area contributed by atoms with E-state index >= 15 is 0 Å². The van der Waals surface area contributed by atoms with Crippen molar-refractivity contribution < 1.29 is 19.2 Å². The van der Waals surface area contributed by atoms with Gasteiger partial charge in [0.05, 0.1) is 5.70 Å². The van der Waals surface area contributed by atoms with E-state index in [4.69, 9.17) is 9.57 Å². The number of allylic oxidation sites excluding steroid dienone is 1. The monoisotopic (exact) mass is 213 g/mol. The van der Waals surface area contributed by atoms with Crippen molar-refractivity contribution in [3.8, 4) is 0 Å². The van der Waals surface area contributed by atoms with E-state index in [9.17, 15) is 9.59 Å². The van der Waals surface area contributed by atoms with Gasteiger partial charge in [-0.1, -0.05) is 6.58 Å². The summed E-state index contributed by atoms with van der Waals surface area (Å²) in [5.74, 6) is -0.272. The van der Waals surface area contributed by atoms with Crippen LogP contribution >= 0.6 is 0 Å². The first kappa shape index (κ1) is 11.6. The summed E-state index contributed by atoms with van der Waals surface area (Å²) in [7, 11) is 0. The van der Waals surface area contributed by atoms with Gasteiger partial charge in [-0.3, -0.25) is 9.63 Å². The molecule has 0 aliphatic carbocycles. The lowest BCUT2D eigenvalue weighted by molar-refractivity contribution is -0.161. The van der Waals surface area contributed by atoms with Crippen molar-refractivity contribution in [2.75, 3.05) is 0 Å². The third-order valence-corrected chi connectivity index (χ3v) is 1.70. The minimum Gasteiger partial charge on any atom is -0.427 e. The summed E-state index contributed by atoms with van der Waals surface area (Å²) in [5.41, 5.74) is -0.160. The first-order valence-electron chi connectivity index (χ1n) is 4.71. The number of carbonyl (C=O) groups is 2. The fraction of sp³-hybridized carbons (Fsp3) is 0.600. The number of carbonyl (C=O) groups excluding carboxylic acids is 2. The standard InChI is InChI=1S/C10H15NO4/c1-7-5-6-8(12)11(7)15-9(13)14-10(2,3)4/h1,5-6H2,2-4H3. The molecule has 0 spiro atoms. The third kappa shape index (κ3) is 3.27. The quantitative estimate of drug-likeness (QED) is 0.625. The van der Waals surface area contributed by atoms with E-state index in [1.165, 1.54) is 0 Å². The maximum Gasteiger partial charge on any atom is 0.534 e. The molecule has 1 aliphatic rings. The molecule has 0 N–H and O–H groups in total. The smallest absolute Gasteiger partial charge is 0.427 e. The number of nitrogens with zero attached hydrogens (tertiary/aromatic N) is 1. The van der Waals surface area contributed by atoms with Gasteiger partial charge in [0.15, 0.2) is 0 Å².